The van der Waals surface area contributed by atoms with Gasteiger partial charge in [-0.2, -0.15) is 0 Å². The molecule has 6 atom stereocenters. The highest BCUT2D eigenvalue weighted by atomic mass is 16.6. The molecular formula is C27H40O7. The Labute approximate surface area is 203 Å². The van der Waals surface area contributed by atoms with Crippen LogP contribution in [0.25, 0.3) is 0 Å². The van der Waals surface area contributed by atoms with Gasteiger partial charge in [-0.25, -0.2) is 9.59 Å². The van der Waals surface area contributed by atoms with E-state index in [1.54, 1.807) is 39.8 Å². The van der Waals surface area contributed by atoms with Crippen LogP contribution in [0.4, 0.5) is 0 Å². The summed E-state index contributed by atoms with van der Waals surface area (Å²) in [6.07, 6.45) is 3.43. The number of rotatable bonds is 6. The summed E-state index contributed by atoms with van der Waals surface area (Å²) in [5, 5.41) is 12.0. The number of carbonyl (C=O) groups excluding carboxylic acids is 3. The fourth-order valence-electron chi connectivity index (χ4n) is 5.32. The summed E-state index contributed by atoms with van der Waals surface area (Å²) in [7, 11) is 0. The minimum Gasteiger partial charge on any atom is -0.462 e. The summed E-state index contributed by atoms with van der Waals surface area (Å²) in [4.78, 5) is 37.7. The van der Waals surface area contributed by atoms with Crippen LogP contribution in [0.1, 0.15) is 75.2 Å². The molecule has 34 heavy (non-hydrogen) atoms. The van der Waals surface area contributed by atoms with E-state index in [1.807, 2.05) is 33.8 Å². The van der Waals surface area contributed by atoms with Crippen LogP contribution < -0.4 is 0 Å². The molecule has 1 saturated carbocycles. The molecule has 7 nitrogen and oxygen atoms in total. The van der Waals surface area contributed by atoms with Gasteiger partial charge >= 0.3 is 17.9 Å². The van der Waals surface area contributed by atoms with Crippen molar-refractivity contribution in [2.75, 3.05) is 0 Å². The molecule has 0 heterocycles. The van der Waals surface area contributed by atoms with E-state index in [-0.39, 0.29) is 12.3 Å². The van der Waals surface area contributed by atoms with Gasteiger partial charge in [0.2, 0.25) is 0 Å². The van der Waals surface area contributed by atoms with Crippen LogP contribution >= 0.6 is 0 Å². The van der Waals surface area contributed by atoms with Gasteiger partial charge < -0.3 is 19.3 Å². The zero-order valence-electron chi connectivity index (χ0n) is 21.9. The maximum absolute atomic E-state index is 12.8. The maximum Gasteiger partial charge on any atom is 0.333 e. The molecule has 1 N–H and O–H groups in total. The third-order valence-electron chi connectivity index (χ3n) is 7.67. The van der Waals surface area contributed by atoms with Crippen LogP contribution in [0, 0.1) is 17.3 Å². The number of carbonyl (C=O) groups is 3. The highest BCUT2D eigenvalue weighted by molar-refractivity contribution is 5.88. The van der Waals surface area contributed by atoms with Crippen LogP contribution in [-0.4, -0.2) is 46.9 Å². The van der Waals surface area contributed by atoms with Crippen molar-refractivity contribution in [2.45, 2.75) is 99.1 Å². The molecule has 0 radical (unpaired) electrons. The Kier molecular flexibility index (Phi) is 8.57. The zero-order valence-corrected chi connectivity index (χ0v) is 21.9. The topological polar surface area (TPSA) is 99.1 Å². The van der Waals surface area contributed by atoms with E-state index in [0.717, 1.165) is 5.57 Å². The van der Waals surface area contributed by atoms with Gasteiger partial charge in [-0.05, 0) is 46.6 Å². The van der Waals surface area contributed by atoms with E-state index in [0.29, 0.717) is 17.6 Å². The molecule has 2 aliphatic carbocycles. The van der Waals surface area contributed by atoms with Crippen molar-refractivity contribution in [1.82, 2.24) is 0 Å². The Hall–Kier alpha value is -2.41. The molecule has 0 bridgehead atoms. The first-order valence-corrected chi connectivity index (χ1v) is 12.0. The van der Waals surface area contributed by atoms with Gasteiger partial charge in [0.1, 0.15) is 18.3 Å². The maximum atomic E-state index is 12.8. The lowest BCUT2D eigenvalue weighted by Gasteiger charge is -2.45. The molecule has 0 aromatic carbocycles. The molecule has 0 aromatic heterocycles. The van der Waals surface area contributed by atoms with Crippen LogP contribution in [-0.2, 0) is 28.6 Å². The van der Waals surface area contributed by atoms with Crippen molar-refractivity contribution in [3.8, 4) is 0 Å². The van der Waals surface area contributed by atoms with Crippen LogP contribution in [0.2, 0.25) is 0 Å². The highest BCUT2D eigenvalue weighted by Gasteiger charge is 2.69. The number of fused-ring (bicyclic) bond motifs is 1. The Balaban J connectivity index is 2.72. The van der Waals surface area contributed by atoms with E-state index in [2.05, 4.69) is 0 Å². The van der Waals surface area contributed by atoms with Crippen molar-refractivity contribution >= 4 is 17.9 Å². The quantitative estimate of drug-likeness (QED) is 0.262. The van der Waals surface area contributed by atoms with Crippen molar-refractivity contribution in [2.24, 2.45) is 17.3 Å². The second-order valence-corrected chi connectivity index (χ2v) is 10.2. The Morgan fingerprint density at radius 2 is 1.56 bits per heavy atom. The smallest absolute Gasteiger partial charge is 0.333 e. The highest BCUT2D eigenvalue weighted by Crippen LogP contribution is 2.60. The SMILES string of the molecule is C/C=C(/C)C(=O)OC1CC(C)=CC(OC(=O)/C(C)=C\C)[C@]2(C)C1[C@](O)(C(C)C)C[C@H]2OC(C)=O. The van der Waals surface area contributed by atoms with Crippen molar-refractivity contribution in [3.05, 3.63) is 34.9 Å². The Morgan fingerprint density at radius 1 is 1.03 bits per heavy atom. The average molecular weight is 477 g/mol. The molecule has 7 heteroatoms. The first kappa shape index (κ1) is 27.8. The lowest BCUT2D eigenvalue weighted by atomic mass is 9.66. The molecule has 0 amide bonds. The van der Waals surface area contributed by atoms with Crippen molar-refractivity contribution < 1.29 is 33.7 Å². The minimum absolute atomic E-state index is 0.144. The molecule has 0 aromatic rings. The van der Waals surface area contributed by atoms with Crippen molar-refractivity contribution in [3.63, 3.8) is 0 Å². The number of ether oxygens (including phenoxy) is 3. The summed E-state index contributed by atoms with van der Waals surface area (Å²) in [5.74, 6) is -2.34. The standard InChI is InChI=1S/C27H40O7/c1-10-17(6)24(29)33-20-12-16(5)13-21(34-25(30)18(7)11-2)26(9)22(32-19(8)28)14-27(31,15(3)4)23(20)26/h10-11,13,15,20-23,31H,12,14H2,1-9H3/b17-10-,18-11-/t20?,21?,22-,23?,26+,27-/m1/s1. The van der Waals surface area contributed by atoms with E-state index in [9.17, 15) is 19.5 Å². The van der Waals surface area contributed by atoms with Gasteiger partial charge in [0.25, 0.3) is 0 Å². The molecule has 1 fully saturated rings. The number of allylic oxidation sites excluding steroid dienone is 2. The van der Waals surface area contributed by atoms with Crippen LogP contribution in [0.3, 0.4) is 0 Å². The predicted octanol–water partition coefficient (Wildman–Crippen LogP) is 4.44. The largest absolute Gasteiger partial charge is 0.462 e. The number of esters is 3. The first-order chi connectivity index (χ1) is 15.7. The minimum atomic E-state index is -1.33. The third-order valence-corrected chi connectivity index (χ3v) is 7.67. The summed E-state index contributed by atoms with van der Waals surface area (Å²) in [6.45, 7) is 15.7. The van der Waals surface area contributed by atoms with Gasteiger partial charge in [0.05, 0.1) is 11.0 Å². The van der Waals surface area contributed by atoms with E-state index in [4.69, 9.17) is 14.2 Å². The van der Waals surface area contributed by atoms with E-state index in [1.165, 1.54) is 6.92 Å². The van der Waals surface area contributed by atoms with Crippen LogP contribution in [0.5, 0.6) is 0 Å². The van der Waals surface area contributed by atoms with Gasteiger partial charge in [-0.15, -0.1) is 0 Å². The molecule has 0 saturated heterocycles. The van der Waals surface area contributed by atoms with Gasteiger partial charge in [-0.1, -0.05) is 38.5 Å². The Bertz CT molecular complexity index is 912. The lowest BCUT2D eigenvalue weighted by Crippen LogP contribution is -2.55. The molecule has 0 aliphatic heterocycles. The van der Waals surface area contributed by atoms with Gasteiger partial charge in [0.15, 0.2) is 0 Å². The second kappa shape index (κ2) is 10.5. The molecule has 2 rings (SSSR count). The molecule has 0 spiro atoms. The molecule has 190 valence electrons. The number of hydrogen-bond acceptors (Lipinski definition) is 7. The number of aliphatic hydroxyl groups is 1. The van der Waals surface area contributed by atoms with E-state index >= 15 is 0 Å². The van der Waals surface area contributed by atoms with Crippen LogP contribution in [0.15, 0.2) is 34.9 Å². The summed E-state index contributed by atoms with van der Waals surface area (Å²) in [5.41, 5.74) is -0.608. The molecular weight excluding hydrogens is 436 g/mol. The normalized spacial score (nSPS) is 34.1. The number of hydrogen-bond donors (Lipinski definition) is 1. The van der Waals surface area contributed by atoms with Crippen molar-refractivity contribution in [1.29, 1.82) is 0 Å². The fraction of sp³-hybridized carbons (Fsp3) is 0.667. The summed E-state index contributed by atoms with van der Waals surface area (Å²) >= 11 is 0. The Morgan fingerprint density at radius 3 is 2.03 bits per heavy atom. The monoisotopic (exact) mass is 476 g/mol. The lowest BCUT2D eigenvalue weighted by molar-refractivity contribution is -0.181. The molecule has 2 aliphatic rings. The predicted molar refractivity (Wildman–Crippen MR) is 129 cm³/mol. The zero-order chi connectivity index (χ0) is 26.0. The average Bonchev–Trinajstić information content (AvgIpc) is 2.92. The summed E-state index contributed by atoms with van der Waals surface area (Å²) < 4.78 is 17.7. The van der Waals surface area contributed by atoms with Gasteiger partial charge in [0, 0.05) is 36.8 Å². The second-order valence-electron chi connectivity index (χ2n) is 10.2. The fourth-order valence-corrected chi connectivity index (χ4v) is 5.32. The summed E-state index contributed by atoms with van der Waals surface area (Å²) in [6, 6.07) is 0. The first-order valence-electron chi connectivity index (χ1n) is 12.0. The van der Waals surface area contributed by atoms with Gasteiger partial charge in [-0.3, -0.25) is 4.79 Å². The van der Waals surface area contributed by atoms with E-state index < -0.39 is 53.2 Å². The molecule has 3 unspecified atom stereocenters. The third kappa shape index (κ3) is 5.14.